The Kier molecular flexibility index (Phi) is 3.27. The fourth-order valence-electron chi connectivity index (χ4n) is 2.10. The van der Waals surface area contributed by atoms with Gasteiger partial charge >= 0.3 is 0 Å². The van der Waals surface area contributed by atoms with Gasteiger partial charge in [-0.2, -0.15) is 0 Å². The number of hydrogen-bond donors (Lipinski definition) is 2. The molecule has 1 aromatic heterocycles. The van der Waals surface area contributed by atoms with Crippen LogP contribution in [0.15, 0.2) is 41.2 Å². The Morgan fingerprint density at radius 1 is 1.29 bits per heavy atom. The minimum absolute atomic E-state index is 0.0744. The lowest BCUT2D eigenvalue weighted by molar-refractivity contribution is 0.408. The number of rotatable bonds is 2. The summed E-state index contributed by atoms with van der Waals surface area (Å²) in [4.78, 5) is 19.1. The van der Waals surface area contributed by atoms with E-state index in [0.717, 1.165) is 0 Å². The number of ether oxygens (including phenoxy) is 1. The Balaban J connectivity index is 2.26. The van der Waals surface area contributed by atoms with Gasteiger partial charge in [-0.05, 0) is 18.2 Å². The van der Waals surface area contributed by atoms with E-state index < -0.39 is 0 Å². The number of nitrogens with one attached hydrogen (secondary N) is 1. The first kappa shape index (κ1) is 13.5. The fourth-order valence-corrected chi connectivity index (χ4v) is 2.34. The second-order valence-corrected chi connectivity index (χ2v) is 4.84. The van der Waals surface area contributed by atoms with Gasteiger partial charge in [-0.15, -0.1) is 0 Å². The summed E-state index contributed by atoms with van der Waals surface area (Å²) >= 11 is 6.05. The van der Waals surface area contributed by atoms with Crippen molar-refractivity contribution in [2.24, 2.45) is 0 Å². The van der Waals surface area contributed by atoms with Gasteiger partial charge in [0.15, 0.2) is 0 Å². The summed E-state index contributed by atoms with van der Waals surface area (Å²) in [6, 6.07) is 9.86. The second kappa shape index (κ2) is 5.10. The molecule has 0 aliphatic carbocycles. The molecule has 0 radical (unpaired) electrons. The quantitative estimate of drug-likeness (QED) is 0.763. The molecule has 0 aliphatic heterocycles. The molecule has 21 heavy (non-hydrogen) atoms. The predicted molar refractivity (Wildman–Crippen MR) is 81.0 cm³/mol. The van der Waals surface area contributed by atoms with Crippen molar-refractivity contribution in [3.8, 4) is 22.9 Å². The molecule has 0 aliphatic rings. The van der Waals surface area contributed by atoms with Crippen molar-refractivity contribution in [3.63, 3.8) is 0 Å². The van der Waals surface area contributed by atoms with Crippen molar-refractivity contribution >= 4 is 22.5 Å². The molecule has 0 fully saturated rings. The summed E-state index contributed by atoms with van der Waals surface area (Å²) in [6.07, 6.45) is 0. The molecule has 6 heteroatoms. The minimum Gasteiger partial charge on any atom is -0.507 e. The van der Waals surface area contributed by atoms with Crippen molar-refractivity contribution in [2.75, 3.05) is 7.11 Å². The number of benzene rings is 2. The second-order valence-electron chi connectivity index (χ2n) is 4.44. The zero-order valence-electron chi connectivity index (χ0n) is 11.1. The van der Waals surface area contributed by atoms with Crippen LogP contribution in [-0.2, 0) is 0 Å². The first-order chi connectivity index (χ1) is 10.1. The first-order valence-electron chi connectivity index (χ1n) is 6.16. The average Bonchev–Trinajstić information content (AvgIpc) is 2.49. The summed E-state index contributed by atoms with van der Waals surface area (Å²) in [6.45, 7) is 0. The van der Waals surface area contributed by atoms with Gasteiger partial charge in [-0.25, -0.2) is 4.98 Å². The van der Waals surface area contributed by atoms with Crippen LogP contribution in [0, 0.1) is 0 Å². The topological polar surface area (TPSA) is 75.2 Å². The summed E-state index contributed by atoms with van der Waals surface area (Å²) in [7, 11) is 1.45. The number of halogens is 1. The third-order valence-electron chi connectivity index (χ3n) is 3.14. The van der Waals surface area contributed by atoms with Crippen LogP contribution >= 0.6 is 11.6 Å². The highest BCUT2D eigenvalue weighted by Gasteiger charge is 2.13. The van der Waals surface area contributed by atoms with Crippen molar-refractivity contribution in [3.05, 3.63) is 51.8 Å². The van der Waals surface area contributed by atoms with Gasteiger partial charge in [0.05, 0.1) is 28.6 Å². The van der Waals surface area contributed by atoms with Crippen LogP contribution < -0.4 is 10.3 Å². The zero-order chi connectivity index (χ0) is 15.0. The SMILES string of the molecule is COc1cc(O)c(-c2nc3ccccc3c(=O)[nH]2)cc1Cl. The number of methoxy groups -OCH3 is 1. The van der Waals surface area contributed by atoms with Crippen LogP contribution in [0.2, 0.25) is 5.02 Å². The molecular formula is C15H11ClN2O3. The maximum Gasteiger partial charge on any atom is 0.259 e. The number of nitrogens with zero attached hydrogens (tertiary/aromatic N) is 1. The molecule has 3 aromatic rings. The Morgan fingerprint density at radius 2 is 2.05 bits per heavy atom. The van der Waals surface area contributed by atoms with Crippen molar-refractivity contribution in [1.29, 1.82) is 0 Å². The Bertz CT molecular complexity index is 890. The smallest absolute Gasteiger partial charge is 0.259 e. The molecule has 2 N–H and O–H groups in total. The number of phenols is 1. The third-order valence-corrected chi connectivity index (χ3v) is 3.43. The maximum absolute atomic E-state index is 12.1. The molecule has 0 saturated carbocycles. The summed E-state index contributed by atoms with van der Waals surface area (Å²) in [5.41, 5.74) is 0.605. The van der Waals surface area contributed by atoms with Gasteiger partial charge in [0, 0.05) is 6.07 Å². The van der Waals surface area contributed by atoms with E-state index in [4.69, 9.17) is 16.3 Å². The highest BCUT2D eigenvalue weighted by molar-refractivity contribution is 6.32. The number of hydrogen-bond acceptors (Lipinski definition) is 4. The summed E-state index contributed by atoms with van der Waals surface area (Å²) in [5, 5.41) is 10.9. The number of para-hydroxylation sites is 1. The summed E-state index contributed by atoms with van der Waals surface area (Å²) in [5.74, 6) is 0.525. The molecule has 2 aromatic carbocycles. The highest BCUT2D eigenvalue weighted by Crippen LogP contribution is 2.36. The molecule has 0 atom stereocenters. The normalized spacial score (nSPS) is 10.8. The molecule has 0 amide bonds. The molecular weight excluding hydrogens is 292 g/mol. The Morgan fingerprint density at radius 3 is 2.81 bits per heavy atom. The third kappa shape index (κ3) is 2.32. The fraction of sp³-hybridized carbons (Fsp3) is 0.0667. The van der Waals surface area contributed by atoms with E-state index in [1.54, 1.807) is 24.3 Å². The van der Waals surface area contributed by atoms with Crippen LogP contribution in [0.1, 0.15) is 0 Å². The van der Waals surface area contributed by atoms with Gasteiger partial charge in [-0.3, -0.25) is 4.79 Å². The molecule has 0 spiro atoms. The standard InChI is InChI=1S/C15H11ClN2O3/c1-21-13-7-12(19)9(6-10(13)16)14-17-11-5-3-2-4-8(11)15(20)18-14/h2-7,19H,1H3,(H,17,18,20). The van der Waals surface area contributed by atoms with Gasteiger partial charge < -0.3 is 14.8 Å². The molecule has 3 rings (SSSR count). The molecule has 5 nitrogen and oxygen atoms in total. The van der Waals surface area contributed by atoms with E-state index in [1.165, 1.54) is 19.2 Å². The van der Waals surface area contributed by atoms with Crippen LogP contribution in [0.4, 0.5) is 0 Å². The molecule has 0 saturated heterocycles. The van der Waals surface area contributed by atoms with Crippen LogP contribution in [0.5, 0.6) is 11.5 Å². The van der Waals surface area contributed by atoms with E-state index in [2.05, 4.69) is 9.97 Å². The minimum atomic E-state index is -0.276. The number of H-pyrrole nitrogens is 1. The maximum atomic E-state index is 12.1. The van der Waals surface area contributed by atoms with E-state index in [9.17, 15) is 9.90 Å². The van der Waals surface area contributed by atoms with Crippen molar-refractivity contribution in [1.82, 2.24) is 9.97 Å². The van der Waals surface area contributed by atoms with E-state index in [1.807, 2.05) is 0 Å². The lowest BCUT2D eigenvalue weighted by atomic mass is 10.1. The van der Waals surface area contributed by atoms with Gasteiger partial charge in [0.25, 0.3) is 5.56 Å². The summed E-state index contributed by atoms with van der Waals surface area (Å²) < 4.78 is 5.03. The number of phenolic OH excluding ortho intramolecular Hbond substituents is 1. The van der Waals surface area contributed by atoms with Crippen LogP contribution in [0.3, 0.4) is 0 Å². The molecule has 0 bridgehead atoms. The highest BCUT2D eigenvalue weighted by atomic mass is 35.5. The zero-order valence-corrected chi connectivity index (χ0v) is 11.8. The van der Waals surface area contributed by atoms with Crippen molar-refractivity contribution < 1.29 is 9.84 Å². The van der Waals surface area contributed by atoms with Crippen molar-refractivity contribution in [2.45, 2.75) is 0 Å². The lowest BCUT2D eigenvalue weighted by Gasteiger charge is -2.09. The molecule has 1 heterocycles. The monoisotopic (exact) mass is 302 g/mol. The van der Waals surface area contributed by atoms with Gasteiger partial charge in [0.1, 0.15) is 17.3 Å². The first-order valence-corrected chi connectivity index (χ1v) is 6.54. The predicted octanol–water partition coefficient (Wildman–Crippen LogP) is 2.96. The number of fused-ring (bicyclic) bond motifs is 1. The number of aromatic hydroxyl groups is 1. The van der Waals surface area contributed by atoms with E-state index >= 15 is 0 Å². The Hall–Kier alpha value is -2.53. The van der Waals surface area contributed by atoms with Crippen LogP contribution in [-0.4, -0.2) is 22.2 Å². The molecule has 0 unspecified atom stereocenters. The van der Waals surface area contributed by atoms with Crippen LogP contribution in [0.25, 0.3) is 22.3 Å². The number of aromatic amines is 1. The average molecular weight is 303 g/mol. The van der Waals surface area contributed by atoms with Gasteiger partial charge in [-0.1, -0.05) is 23.7 Å². The molecule has 106 valence electrons. The lowest BCUT2D eigenvalue weighted by Crippen LogP contribution is -2.09. The Labute approximate surface area is 124 Å². The number of aromatic nitrogens is 2. The largest absolute Gasteiger partial charge is 0.507 e. The van der Waals surface area contributed by atoms with Gasteiger partial charge in [0.2, 0.25) is 0 Å². The van der Waals surface area contributed by atoms with E-state index in [-0.39, 0.29) is 17.1 Å². The van der Waals surface area contributed by atoms with E-state index in [0.29, 0.717) is 27.2 Å².